The second-order valence-electron chi connectivity index (χ2n) is 11.7. The zero-order valence-corrected chi connectivity index (χ0v) is 27.2. The average molecular weight is 661 g/mol. The fourth-order valence-corrected chi connectivity index (χ4v) is 5.46. The number of oxime groups is 1. The van der Waals surface area contributed by atoms with Crippen molar-refractivity contribution in [2.24, 2.45) is 5.16 Å². The number of hydroxylamine groups is 1. The molecule has 15 nitrogen and oxygen atoms in total. The highest BCUT2D eigenvalue weighted by atomic mass is 35.5. The molecule has 2 aliphatic rings. The van der Waals surface area contributed by atoms with Gasteiger partial charge in [0.25, 0.3) is 0 Å². The maximum absolute atomic E-state index is 13.2. The Morgan fingerprint density at radius 2 is 1.72 bits per heavy atom. The Bertz CT molecular complexity index is 1360. The highest BCUT2D eigenvalue weighted by Crippen LogP contribution is 2.40. The summed E-state index contributed by atoms with van der Waals surface area (Å²) in [4.78, 5) is 78.9. The normalized spacial score (nSPS) is 17.4. The van der Waals surface area contributed by atoms with Crippen LogP contribution in [0.1, 0.15) is 67.6 Å². The zero-order valence-electron chi connectivity index (χ0n) is 24.9. The standard InChI is InChI=1S/C25H33ClN6O9S2/c1-23(2,3)38-20(36)25(7,8)41-29-15(17-27-21(43-31-17)28-22(37)39-24(4,5)6)18(34)30-40-19(35)16-12(10-26)11-42-14-9-13(33)32(14)16/h14H,9-11H2,1-8H3,(H,30,34)(H,27,28,31,37)/b29-15-/t14-/m0/s1. The summed E-state index contributed by atoms with van der Waals surface area (Å²) >= 11 is 8.15. The number of alkyl halides is 1. The van der Waals surface area contributed by atoms with Crippen LogP contribution in [0.4, 0.5) is 9.93 Å². The molecule has 3 heterocycles. The first kappa shape index (κ1) is 34.1. The van der Waals surface area contributed by atoms with Crippen LogP contribution in [0.15, 0.2) is 16.4 Å². The Morgan fingerprint density at radius 3 is 2.30 bits per heavy atom. The van der Waals surface area contributed by atoms with E-state index in [9.17, 15) is 24.0 Å². The molecule has 0 bridgehead atoms. The van der Waals surface area contributed by atoms with Crippen LogP contribution in [0, 0.1) is 0 Å². The lowest BCUT2D eigenvalue weighted by atomic mass is 10.1. The number of nitrogens with one attached hydrogen (secondary N) is 2. The predicted molar refractivity (Wildman–Crippen MR) is 157 cm³/mol. The molecular weight excluding hydrogens is 628 g/mol. The minimum absolute atomic E-state index is 0.0294. The first-order chi connectivity index (χ1) is 19.8. The number of hydrogen-bond donors (Lipinski definition) is 2. The predicted octanol–water partition coefficient (Wildman–Crippen LogP) is 3.10. The van der Waals surface area contributed by atoms with E-state index < -0.39 is 46.5 Å². The second-order valence-corrected chi connectivity index (χ2v) is 13.9. The highest BCUT2D eigenvalue weighted by molar-refractivity contribution is 8.00. The van der Waals surface area contributed by atoms with Crippen molar-refractivity contribution in [1.82, 2.24) is 19.7 Å². The van der Waals surface area contributed by atoms with Gasteiger partial charge < -0.3 is 19.1 Å². The number of halogens is 1. The van der Waals surface area contributed by atoms with Gasteiger partial charge in [0.1, 0.15) is 16.9 Å². The lowest BCUT2D eigenvalue weighted by molar-refractivity contribution is -0.179. The van der Waals surface area contributed by atoms with Crippen LogP contribution in [0.2, 0.25) is 0 Å². The Morgan fingerprint density at radius 1 is 1.07 bits per heavy atom. The molecule has 1 atom stereocenters. The Labute approximate surface area is 261 Å². The van der Waals surface area contributed by atoms with Crippen molar-refractivity contribution in [2.45, 2.75) is 84.0 Å². The van der Waals surface area contributed by atoms with Gasteiger partial charge in [-0.25, -0.2) is 14.4 Å². The van der Waals surface area contributed by atoms with Gasteiger partial charge in [-0.3, -0.25) is 19.8 Å². The molecule has 0 radical (unpaired) electrons. The van der Waals surface area contributed by atoms with Crippen LogP contribution in [-0.2, 0) is 38.3 Å². The van der Waals surface area contributed by atoms with Crippen LogP contribution in [0.5, 0.6) is 0 Å². The monoisotopic (exact) mass is 660 g/mol. The molecule has 0 aliphatic carbocycles. The maximum atomic E-state index is 13.2. The van der Waals surface area contributed by atoms with Crippen LogP contribution < -0.4 is 10.8 Å². The zero-order chi connectivity index (χ0) is 32.3. The summed E-state index contributed by atoms with van der Waals surface area (Å²) in [5.41, 5.74) is -1.53. The van der Waals surface area contributed by atoms with Crippen molar-refractivity contribution in [3.63, 3.8) is 0 Å². The molecule has 0 spiro atoms. The van der Waals surface area contributed by atoms with E-state index in [0.29, 0.717) is 22.9 Å². The van der Waals surface area contributed by atoms with E-state index in [0.717, 1.165) is 0 Å². The van der Waals surface area contributed by atoms with Gasteiger partial charge in [0, 0.05) is 23.2 Å². The lowest BCUT2D eigenvalue weighted by Crippen LogP contribution is -2.54. The SMILES string of the molecule is CC(C)(C)OC(=O)Nc1nc(/C(=N/OC(C)(C)C(=O)OC(C)(C)C)C(=O)NOC(=O)C2=C(CCl)CS[C@H]3CC(=O)N23)ns1. The van der Waals surface area contributed by atoms with Gasteiger partial charge in [-0.2, -0.15) is 14.8 Å². The first-order valence-corrected chi connectivity index (χ1v) is 15.2. The van der Waals surface area contributed by atoms with Crippen LogP contribution in [0.3, 0.4) is 0 Å². The highest BCUT2D eigenvalue weighted by Gasteiger charge is 2.46. The number of rotatable bonds is 8. The van der Waals surface area contributed by atoms with Crippen molar-refractivity contribution < 1.29 is 43.1 Å². The van der Waals surface area contributed by atoms with Crippen molar-refractivity contribution >= 4 is 75.6 Å². The van der Waals surface area contributed by atoms with Gasteiger partial charge in [-0.1, -0.05) is 5.16 Å². The maximum Gasteiger partial charge on any atom is 0.414 e. The molecule has 2 aliphatic heterocycles. The molecule has 18 heteroatoms. The summed E-state index contributed by atoms with van der Waals surface area (Å²) in [5.74, 6) is -3.18. The molecule has 1 saturated heterocycles. The fourth-order valence-electron chi connectivity index (χ4n) is 3.30. The van der Waals surface area contributed by atoms with Gasteiger partial charge >= 0.3 is 23.9 Å². The summed E-state index contributed by atoms with van der Waals surface area (Å²) in [6, 6.07) is 0. The molecule has 236 valence electrons. The number of hydrogen-bond acceptors (Lipinski definition) is 14. The van der Waals surface area contributed by atoms with Crippen LogP contribution >= 0.6 is 34.9 Å². The summed E-state index contributed by atoms with van der Waals surface area (Å²) in [7, 11) is 0. The third kappa shape index (κ3) is 9.03. The van der Waals surface area contributed by atoms with Crippen LogP contribution in [-0.4, -0.2) is 83.6 Å². The molecule has 1 fully saturated rings. The van der Waals surface area contributed by atoms with Crippen molar-refractivity contribution in [1.29, 1.82) is 0 Å². The largest absolute Gasteiger partial charge is 0.457 e. The summed E-state index contributed by atoms with van der Waals surface area (Å²) in [6.45, 7) is 12.8. The number of aromatic nitrogens is 2. The number of fused-ring (bicyclic) bond motifs is 1. The number of amides is 3. The molecule has 0 saturated carbocycles. The molecular formula is C25H33ClN6O9S2. The van der Waals surface area contributed by atoms with Gasteiger partial charge in [0.15, 0.2) is 0 Å². The van der Waals surface area contributed by atoms with Gasteiger partial charge in [0.05, 0.1) is 11.8 Å². The number of anilines is 1. The third-order valence-corrected chi connectivity index (χ3v) is 7.47. The van der Waals surface area contributed by atoms with E-state index in [1.807, 2.05) is 5.48 Å². The quantitative estimate of drug-likeness (QED) is 0.104. The van der Waals surface area contributed by atoms with Gasteiger partial charge in [-0.05, 0) is 61.0 Å². The molecule has 1 aromatic rings. The number of nitrogens with zero attached hydrogens (tertiary/aromatic N) is 4. The topological polar surface area (TPSA) is 188 Å². The molecule has 0 unspecified atom stereocenters. The average Bonchev–Trinajstić information content (AvgIpc) is 3.31. The summed E-state index contributed by atoms with van der Waals surface area (Å²) in [6.07, 6.45) is -0.553. The fraction of sp³-hybridized carbons (Fsp3) is 0.600. The lowest BCUT2D eigenvalue weighted by Gasteiger charge is -2.44. The summed E-state index contributed by atoms with van der Waals surface area (Å²) < 4.78 is 14.6. The van der Waals surface area contributed by atoms with Gasteiger partial charge in [0.2, 0.25) is 28.2 Å². The first-order valence-electron chi connectivity index (χ1n) is 12.9. The van der Waals surface area contributed by atoms with E-state index >= 15 is 0 Å². The number of thioether (sulfide) groups is 1. The van der Waals surface area contributed by atoms with E-state index in [1.54, 1.807) is 41.5 Å². The third-order valence-electron chi connectivity index (χ3n) is 5.24. The van der Waals surface area contributed by atoms with Crippen molar-refractivity contribution in [2.75, 3.05) is 16.9 Å². The smallest absolute Gasteiger partial charge is 0.414 e. The summed E-state index contributed by atoms with van der Waals surface area (Å²) in [5, 5.41) is 5.90. The van der Waals surface area contributed by atoms with Crippen molar-refractivity contribution in [3.8, 4) is 0 Å². The minimum atomic E-state index is -1.67. The van der Waals surface area contributed by atoms with E-state index in [1.165, 1.54) is 30.5 Å². The number of esters is 1. The van der Waals surface area contributed by atoms with E-state index in [2.05, 4.69) is 19.8 Å². The number of β-lactam (4-membered cyclic amide) rings is 1. The molecule has 2 N–H and O–H groups in total. The van der Waals surface area contributed by atoms with Crippen LogP contribution in [0.25, 0.3) is 0 Å². The molecule has 43 heavy (non-hydrogen) atoms. The van der Waals surface area contributed by atoms with Crippen molar-refractivity contribution in [3.05, 3.63) is 17.1 Å². The number of carbonyl (C=O) groups is 5. The minimum Gasteiger partial charge on any atom is -0.457 e. The second kappa shape index (κ2) is 13.1. The Hall–Kier alpha value is -3.44. The molecule has 1 aromatic heterocycles. The molecule has 3 amide bonds. The van der Waals surface area contributed by atoms with Gasteiger partial charge in [-0.15, -0.1) is 23.4 Å². The Kier molecular flexibility index (Phi) is 10.3. The molecule has 3 rings (SSSR count). The van der Waals surface area contributed by atoms with E-state index in [-0.39, 0.29) is 40.2 Å². The van der Waals surface area contributed by atoms with E-state index in [4.69, 9.17) is 30.7 Å². The Balaban J connectivity index is 1.84. The number of carbonyl (C=O) groups excluding carboxylic acids is 5. The molecule has 0 aromatic carbocycles. The number of ether oxygens (including phenoxy) is 2.